The number of benzene rings is 3. The fourth-order valence-corrected chi connectivity index (χ4v) is 4.69. The molecule has 2 fully saturated rings. The van der Waals surface area contributed by atoms with E-state index in [1.54, 1.807) is 0 Å². The monoisotopic (exact) mass is 615 g/mol. The van der Waals surface area contributed by atoms with Crippen LogP contribution in [-0.2, 0) is 18.5 Å². The highest BCUT2D eigenvalue weighted by Crippen LogP contribution is 2.41. The minimum atomic E-state index is -4.70. The Balaban J connectivity index is 1.56. The van der Waals surface area contributed by atoms with Gasteiger partial charge in [-0.05, 0) is 72.8 Å². The number of alkyl halides is 9. The Bertz CT molecular complexity index is 1560. The number of rotatable bonds is 3. The lowest BCUT2D eigenvalue weighted by Crippen LogP contribution is -2.71. The molecule has 226 valence electrons. The standard InChI is InChI=1S/C27H18F9N5O2/c28-25(29,30)15-1-7-18(8-2-15)38-22(42)39-21-24(13-37-14-24)41(20-11-5-17(6-12-20)27(34,35)36)23(43)40(21)19-9-3-16(4-10-19)26(31,32)33/h1-12,37H,13-14H2,(H,38,42). The highest BCUT2D eigenvalue weighted by Gasteiger charge is 2.60. The molecule has 0 saturated carbocycles. The quantitative estimate of drug-likeness (QED) is 0.307. The van der Waals surface area contributed by atoms with E-state index in [2.05, 4.69) is 15.6 Å². The molecule has 2 heterocycles. The van der Waals surface area contributed by atoms with Gasteiger partial charge in [0.2, 0.25) is 0 Å². The third kappa shape index (κ3) is 5.61. The fraction of sp³-hybridized carbons (Fsp3) is 0.222. The van der Waals surface area contributed by atoms with Crippen molar-refractivity contribution >= 4 is 35.0 Å². The van der Waals surface area contributed by atoms with Crippen LogP contribution in [-0.4, -0.2) is 36.5 Å². The van der Waals surface area contributed by atoms with E-state index in [1.165, 1.54) is 0 Å². The van der Waals surface area contributed by atoms with Gasteiger partial charge in [-0.3, -0.25) is 4.90 Å². The molecule has 3 aromatic rings. The lowest BCUT2D eigenvalue weighted by Gasteiger charge is -2.44. The zero-order chi connectivity index (χ0) is 31.4. The number of carbonyl (C=O) groups is 2. The smallest absolute Gasteiger partial charge is 0.311 e. The van der Waals surface area contributed by atoms with Crippen molar-refractivity contribution in [3.05, 3.63) is 89.5 Å². The third-order valence-corrected chi connectivity index (χ3v) is 6.85. The highest BCUT2D eigenvalue weighted by molar-refractivity contribution is 6.34. The van der Waals surface area contributed by atoms with Gasteiger partial charge in [-0.25, -0.2) is 14.5 Å². The second-order valence-corrected chi connectivity index (χ2v) is 9.62. The van der Waals surface area contributed by atoms with Crippen molar-refractivity contribution in [2.45, 2.75) is 24.1 Å². The largest absolute Gasteiger partial charge is 0.416 e. The van der Waals surface area contributed by atoms with Crippen LogP contribution in [0.4, 0.5) is 66.2 Å². The zero-order valence-electron chi connectivity index (χ0n) is 21.4. The highest BCUT2D eigenvalue weighted by atomic mass is 19.4. The Morgan fingerprint density at radius 3 is 1.51 bits per heavy atom. The van der Waals surface area contributed by atoms with Gasteiger partial charge in [-0.2, -0.15) is 44.5 Å². The van der Waals surface area contributed by atoms with Gasteiger partial charge < -0.3 is 10.6 Å². The Morgan fingerprint density at radius 1 is 0.698 bits per heavy atom. The first kappa shape index (κ1) is 29.9. The van der Waals surface area contributed by atoms with Crippen LogP contribution < -0.4 is 20.4 Å². The molecule has 3 aromatic carbocycles. The van der Waals surface area contributed by atoms with E-state index in [1.807, 2.05) is 0 Å². The first-order valence-electron chi connectivity index (χ1n) is 12.3. The first-order chi connectivity index (χ1) is 20.0. The van der Waals surface area contributed by atoms with Crippen molar-refractivity contribution in [1.29, 1.82) is 0 Å². The van der Waals surface area contributed by atoms with Gasteiger partial charge in [0.25, 0.3) is 0 Å². The number of halogens is 9. The van der Waals surface area contributed by atoms with Crippen molar-refractivity contribution in [1.82, 2.24) is 5.32 Å². The summed E-state index contributed by atoms with van der Waals surface area (Å²) in [5.41, 5.74) is -4.65. The maximum Gasteiger partial charge on any atom is 0.416 e. The number of hydrogen-bond donors (Lipinski definition) is 2. The molecule has 16 heteroatoms. The van der Waals surface area contributed by atoms with Crippen LogP contribution in [0.25, 0.3) is 0 Å². The van der Waals surface area contributed by atoms with Gasteiger partial charge in [0.1, 0.15) is 5.54 Å². The summed E-state index contributed by atoms with van der Waals surface area (Å²) < 4.78 is 118. The van der Waals surface area contributed by atoms with Crippen LogP contribution in [0.3, 0.4) is 0 Å². The molecule has 4 amide bonds. The number of hydrogen-bond acceptors (Lipinski definition) is 3. The molecule has 2 aliphatic heterocycles. The van der Waals surface area contributed by atoms with E-state index in [-0.39, 0.29) is 36.0 Å². The summed E-state index contributed by atoms with van der Waals surface area (Å²) in [4.78, 5) is 32.7. The second kappa shape index (κ2) is 10.3. The van der Waals surface area contributed by atoms with E-state index >= 15 is 0 Å². The number of amidine groups is 1. The predicted octanol–water partition coefficient (Wildman–Crippen LogP) is 7.16. The van der Waals surface area contributed by atoms with Crippen LogP contribution in [0, 0.1) is 0 Å². The molecule has 0 unspecified atom stereocenters. The van der Waals surface area contributed by atoms with Crippen molar-refractivity contribution < 1.29 is 49.1 Å². The molecule has 0 radical (unpaired) electrons. The molecule has 2 saturated heterocycles. The summed E-state index contributed by atoms with van der Waals surface area (Å²) in [6.07, 6.45) is -14.0. The van der Waals surface area contributed by atoms with Gasteiger partial charge in [0, 0.05) is 24.5 Å². The topological polar surface area (TPSA) is 77.0 Å². The molecule has 0 bridgehead atoms. The average Bonchev–Trinajstić information content (AvgIpc) is 3.15. The number of nitrogens with zero attached hydrogens (tertiary/aromatic N) is 3. The summed E-state index contributed by atoms with van der Waals surface area (Å²) in [5, 5.41) is 5.19. The fourth-order valence-electron chi connectivity index (χ4n) is 4.69. The van der Waals surface area contributed by atoms with Gasteiger partial charge in [0.15, 0.2) is 5.84 Å². The molecule has 43 heavy (non-hydrogen) atoms. The molecule has 0 atom stereocenters. The summed E-state index contributed by atoms with van der Waals surface area (Å²) in [7, 11) is 0. The molecule has 2 N–H and O–H groups in total. The summed E-state index contributed by atoms with van der Waals surface area (Å²) in [6.45, 7) is -0.0768. The van der Waals surface area contributed by atoms with E-state index in [0.717, 1.165) is 70.5 Å². The second-order valence-electron chi connectivity index (χ2n) is 9.62. The Kier molecular flexibility index (Phi) is 7.15. The van der Waals surface area contributed by atoms with E-state index in [0.29, 0.717) is 12.1 Å². The Hall–Kier alpha value is -4.60. The number of urea groups is 2. The maximum absolute atomic E-state index is 13.8. The van der Waals surface area contributed by atoms with Gasteiger partial charge in [0.05, 0.1) is 22.4 Å². The van der Waals surface area contributed by atoms with Crippen LogP contribution in [0.2, 0.25) is 0 Å². The van der Waals surface area contributed by atoms with Crippen molar-refractivity contribution in [3.63, 3.8) is 0 Å². The third-order valence-electron chi connectivity index (χ3n) is 6.85. The molecular formula is C27H18F9N5O2. The molecule has 0 aliphatic carbocycles. The van der Waals surface area contributed by atoms with E-state index in [9.17, 15) is 49.1 Å². The number of carbonyl (C=O) groups excluding carboxylic acids is 2. The number of anilines is 3. The molecular weight excluding hydrogens is 597 g/mol. The molecule has 0 aromatic heterocycles. The summed E-state index contributed by atoms with van der Waals surface area (Å²) >= 11 is 0. The normalized spacial score (nSPS) is 17.9. The van der Waals surface area contributed by atoms with Crippen LogP contribution >= 0.6 is 0 Å². The van der Waals surface area contributed by atoms with E-state index in [4.69, 9.17) is 0 Å². The van der Waals surface area contributed by atoms with Crippen molar-refractivity contribution in [3.8, 4) is 0 Å². The van der Waals surface area contributed by atoms with Crippen LogP contribution in [0.1, 0.15) is 16.7 Å². The summed E-state index contributed by atoms with van der Waals surface area (Å²) in [6, 6.07) is 8.28. The van der Waals surface area contributed by atoms with Crippen molar-refractivity contribution in [2.24, 2.45) is 4.99 Å². The Morgan fingerprint density at radius 2 is 1.12 bits per heavy atom. The SMILES string of the molecule is O=C(N=C1N(c2ccc(C(F)(F)F)cc2)C(=O)N(c2ccc(C(F)(F)F)cc2)C12CNC2)Nc1ccc(C(F)(F)F)cc1. The van der Waals surface area contributed by atoms with Gasteiger partial charge in [-0.1, -0.05) is 0 Å². The molecule has 5 rings (SSSR count). The summed E-state index contributed by atoms with van der Waals surface area (Å²) in [5.74, 6) is -0.264. The first-order valence-corrected chi connectivity index (χ1v) is 12.3. The minimum absolute atomic E-state index is 0.00948. The number of amides is 4. The lowest BCUT2D eigenvalue weighted by molar-refractivity contribution is -0.138. The van der Waals surface area contributed by atoms with E-state index < -0.39 is 52.8 Å². The van der Waals surface area contributed by atoms with Gasteiger partial charge >= 0.3 is 30.6 Å². The van der Waals surface area contributed by atoms with Crippen molar-refractivity contribution in [2.75, 3.05) is 28.2 Å². The minimum Gasteiger partial charge on any atom is -0.311 e. The number of aliphatic imine (C=N–C) groups is 1. The molecule has 1 spiro atoms. The average molecular weight is 615 g/mol. The zero-order valence-corrected chi connectivity index (χ0v) is 21.4. The Labute approximate surface area is 236 Å². The predicted molar refractivity (Wildman–Crippen MR) is 137 cm³/mol. The van der Waals surface area contributed by atoms with Gasteiger partial charge in [-0.15, -0.1) is 0 Å². The molecule has 2 aliphatic rings. The van der Waals surface area contributed by atoms with Crippen LogP contribution in [0.15, 0.2) is 77.8 Å². The lowest BCUT2D eigenvalue weighted by atomic mass is 9.89. The molecule has 7 nitrogen and oxygen atoms in total. The number of nitrogens with one attached hydrogen (secondary N) is 2. The maximum atomic E-state index is 13.8. The van der Waals surface area contributed by atoms with Crippen LogP contribution in [0.5, 0.6) is 0 Å².